The Kier molecular flexibility index (Phi) is 3.14. The van der Waals surface area contributed by atoms with E-state index in [9.17, 15) is 0 Å². The van der Waals surface area contributed by atoms with Crippen molar-refractivity contribution in [2.75, 3.05) is 50.2 Å². The van der Waals surface area contributed by atoms with Gasteiger partial charge in [-0.3, -0.25) is 0 Å². The van der Waals surface area contributed by atoms with Crippen LogP contribution in [0.4, 0.5) is 11.4 Å². The van der Waals surface area contributed by atoms with Crippen molar-refractivity contribution < 1.29 is 9.47 Å². The first-order valence-corrected chi connectivity index (χ1v) is 6.48. The van der Waals surface area contributed by atoms with E-state index < -0.39 is 0 Å². The van der Waals surface area contributed by atoms with Crippen molar-refractivity contribution in [3.63, 3.8) is 0 Å². The Hall–Kier alpha value is -1.26. The predicted molar refractivity (Wildman–Crippen MR) is 72.5 cm³/mol. The van der Waals surface area contributed by atoms with Crippen LogP contribution >= 0.6 is 0 Å². The lowest BCUT2D eigenvalue weighted by Crippen LogP contribution is -2.25. The molecule has 4 nitrogen and oxygen atoms in total. The zero-order chi connectivity index (χ0) is 12.5. The molecule has 2 unspecified atom stereocenters. The smallest absolute Gasteiger partial charge is 0.0984 e. The SMILES string of the molecule is CN(CC1CO1)c1cccc(N(C)CC2CO2)c1. The first kappa shape index (κ1) is 11.8. The average Bonchev–Trinajstić information content (AvgIpc) is 3.25. The maximum Gasteiger partial charge on any atom is 0.0984 e. The molecule has 0 amide bonds. The zero-order valence-corrected chi connectivity index (χ0v) is 11.0. The van der Waals surface area contributed by atoms with Crippen molar-refractivity contribution in [2.24, 2.45) is 0 Å². The number of nitrogens with zero attached hydrogens (tertiary/aromatic N) is 2. The van der Waals surface area contributed by atoms with Crippen LogP contribution in [-0.4, -0.2) is 52.6 Å². The van der Waals surface area contributed by atoms with Gasteiger partial charge in [0.05, 0.1) is 25.4 Å². The summed E-state index contributed by atoms with van der Waals surface area (Å²) in [6.45, 7) is 3.75. The molecule has 0 radical (unpaired) electrons. The molecule has 0 aliphatic carbocycles. The van der Waals surface area contributed by atoms with Crippen LogP contribution in [0.25, 0.3) is 0 Å². The summed E-state index contributed by atoms with van der Waals surface area (Å²) in [5.41, 5.74) is 2.48. The molecule has 0 bridgehead atoms. The third-order valence-corrected chi connectivity index (χ3v) is 3.47. The fourth-order valence-corrected chi connectivity index (χ4v) is 2.14. The van der Waals surface area contributed by atoms with E-state index in [4.69, 9.17) is 9.47 Å². The molecule has 4 heteroatoms. The Labute approximate surface area is 108 Å². The largest absolute Gasteiger partial charge is 0.372 e. The standard InChI is InChI=1S/C14H20N2O2/c1-15(7-13-9-17-13)11-4-3-5-12(6-11)16(2)8-14-10-18-14/h3-6,13-14H,7-10H2,1-2H3. The van der Waals surface area contributed by atoms with Gasteiger partial charge in [0.25, 0.3) is 0 Å². The molecule has 18 heavy (non-hydrogen) atoms. The lowest BCUT2D eigenvalue weighted by molar-refractivity contribution is 0.410. The minimum Gasteiger partial charge on any atom is -0.372 e. The van der Waals surface area contributed by atoms with Gasteiger partial charge in [-0.15, -0.1) is 0 Å². The highest BCUT2D eigenvalue weighted by molar-refractivity contribution is 5.59. The maximum absolute atomic E-state index is 5.27. The molecule has 3 rings (SSSR count). The number of epoxide rings is 2. The monoisotopic (exact) mass is 248 g/mol. The second-order valence-electron chi connectivity index (χ2n) is 5.19. The van der Waals surface area contributed by atoms with E-state index in [1.807, 2.05) is 0 Å². The van der Waals surface area contributed by atoms with Crippen LogP contribution in [0.5, 0.6) is 0 Å². The number of benzene rings is 1. The van der Waals surface area contributed by atoms with Gasteiger partial charge >= 0.3 is 0 Å². The lowest BCUT2D eigenvalue weighted by atomic mass is 10.2. The maximum atomic E-state index is 5.27. The number of ether oxygens (including phenoxy) is 2. The minimum absolute atomic E-state index is 0.427. The highest BCUT2D eigenvalue weighted by atomic mass is 16.6. The third kappa shape index (κ3) is 2.94. The lowest BCUT2D eigenvalue weighted by Gasteiger charge is -2.22. The van der Waals surface area contributed by atoms with E-state index in [2.05, 4.69) is 48.2 Å². The summed E-state index contributed by atoms with van der Waals surface area (Å²) in [6.07, 6.45) is 0.854. The van der Waals surface area contributed by atoms with Crippen molar-refractivity contribution in [2.45, 2.75) is 12.2 Å². The normalized spacial score (nSPS) is 24.8. The molecule has 2 aliphatic heterocycles. The quantitative estimate of drug-likeness (QED) is 0.711. The Morgan fingerprint density at radius 3 is 1.83 bits per heavy atom. The fourth-order valence-electron chi connectivity index (χ4n) is 2.14. The highest BCUT2D eigenvalue weighted by Gasteiger charge is 2.25. The first-order valence-electron chi connectivity index (χ1n) is 6.48. The van der Waals surface area contributed by atoms with E-state index in [1.54, 1.807) is 0 Å². The van der Waals surface area contributed by atoms with Crippen molar-refractivity contribution in [3.05, 3.63) is 24.3 Å². The molecule has 1 aromatic carbocycles. The van der Waals surface area contributed by atoms with Gasteiger partial charge in [0, 0.05) is 38.6 Å². The molecule has 0 saturated carbocycles. The highest BCUT2D eigenvalue weighted by Crippen LogP contribution is 2.24. The number of hydrogen-bond donors (Lipinski definition) is 0. The number of rotatable bonds is 6. The van der Waals surface area contributed by atoms with Gasteiger partial charge in [-0.05, 0) is 18.2 Å². The first-order chi connectivity index (χ1) is 8.72. The molecular formula is C14H20N2O2. The molecule has 0 spiro atoms. The fraction of sp³-hybridized carbons (Fsp3) is 0.571. The Balaban J connectivity index is 1.66. The van der Waals surface area contributed by atoms with Gasteiger partial charge in [-0.25, -0.2) is 0 Å². The summed E-state index contributed by atoms with van der Waals surface area (Å²) in [7, 11) is 4.23. The molecule has 0 aromatic heterocycles. The molecule has 2 heterocycles. The summed E-state index contributed by atoms with van der Waals surface area (Å²) in [5, 5.41) is 0. The van der Waals surface area contributed by atoms with Crippen molar-refractivity contribution in [3.8, 4) is 0 Å². The van der Waals surface area contributed by atoms with Crippen LogP contribution in [0.15, 0.2) is 24.3 Å². The molecular weight excluding hydrogens is 228 g/mol. The Morgan fingerprint density at radius 2 is 1.44 bits per heavy atom. The molecule has 0 N–H and O–H groups in total. The van der Waals surface area contributed by atoms with Crippen molar-refractivity contribution in [1.82, 2.24) is 0 Å². The average molecular weight is 248 g/mol. The molecule has 98 valence electrons. The van der Waals surface area contributed by atoms with E-state index in [0.29, 0.717) is 12.2 Å². The Morgan fingerprint density at radius 1 is 1.00 bits per heavy atom. The van der Waals surface area contributed by atoms with Crippen LogP contribution in [-0.2, 0) is 9.47 Å². The van der Waals surface area contributed by atoms with Crippen LogP contribution in [0.3, 0.4) is 0 Å². The van der Waals surface area contributed by atoms with Crippen LogP contribution < -0.4 is 9.80 Å². The van der Waals surface area contributed by atoms with E-state index in [-0.39, 0.29) is 0 Å². The van der Waals surface area contributed by atoms with Crippen LogP contribution in [0, 0.1) is 0 Å². The minimum atomic E-state index is 0.427. The molecule has 1 aromatic rings. The number of hydrogen-bond acceptors (Lipinski definition) is 4. The predicted octanol–water partition coefficient (Wildman–Crippen LogP) is 1.36. The third-order valence-electron chi connectivity index (χ3n) is 3.47. The summed E-state index contributed by atoms with van der Waals surface area (Å²) in [6, 6.07) is 8.63. The van der Waals surface area contributed by atoms with Gasteiger partial charge in [-0.2, -0.15) is 0 Å². The van der Waals surface area contributed by atoms with Gasteiger partial charge in [0.15, 0.2) is 0 Å². The van der Waals surface area contributed by atoms with E-state index >= 15 is 0 Å². The zero-order valence-electron chi connectivity index (χ0n) is 11.0. The van der Waals surface area contributed by atoms with Crippen molar-refractivity contribution in [1.29, 1.82) is 0 Å². The number of anilines is 2. The van der Waals surface area contributed by atoms with Gasteiger partial charge in [0.2, 0.25) is 0 Å². The second kappa shape index (κ2) is 4.78. The Bertz CT molecular complexity index is 381. The van der Waals surface area contributed by atoms with Gasteiger partial charge in [-0.1, -0.05) is 6.07 Å². The van der Waals surface area contributed by atoms with E-state index in [1.165, 1.54) is 11.4 Å². The van der Waals surface area contributed by atoms with Gasteiger partial charge < -0.3 is 19.3 Å². The molecule has 2 saturated heterocycles. The van der Waals surface area contributed by atoms with Crippen LogP contribution in [0.1, 0.15) is 0 Å². The topological polar surface area (TPSA) is 31.5 Å². The molecule has 2 atom stereocenters. The summed E-state index contributed by atoms with van der Waals surface area (Å²) in [5.74, 6) is 0. The number of likely N-dealkylation sites (N-methyl/N-ethyl adjacent to an activating group) is 2. The summed E-state index contributed by atoms with van der Waals surface area (Å²) >= 11 is 0. The summed E-state index contributed by atoms with van der Waals surface area (Å²) < 4.78 is 10.5. The van der Waals surface area contributed by atoms with Crippen molar-refractivity contribution >= 4 is 11.4 Å². The van der Waals surface area contributed by atoms with E-state index in [0.717, 1.165) is 26.3 Å². The second-order valence-corrected chi connectivity index (χ2v) is 5.19. The molecule has 2 fully saturated rings. The van der Waals surface area contributed by atoms with Crippen LogP contribution in [0.2, 0.25) is 0 Å². The van der Waals surface area contributed by atoms with Gasteiger partial charge in [0.1, 0.15) is 0 Å². The summed E-state index contributed by atoms with van der Waals surface area (Å²) in [4.78, 5) is 4.51. The molecule has 2 aliphatic rings.